The molecule has 0 bridgehead atoms. The first kappa shape index (κ1) is 12.1. The van der Waals surface area contributed by atoms with E-state index in [2.05, 4.69) is 23.3 Å². The van der Waals surface area contributed by atoms with E-state index in [9.17, 15) is 0 Å². The SMILES string of the molecule is CCC(CCO)NCc1ccc(C)cn1. The van der Waals surface area contributed by atoms with Crippen molar-refractivity contribution < 1.29 is 5.11 Å². The predicted molar refractivity (Wildman–Crippen MR) is 61.6 cm³/mol. The van der Waals surface area contributed by atoms with Gasteiger partial charge in [-0.05, 0) is 31.4 Å². The Labute approximate surface area is 91.5 Å². The lowest BCUT2D eigenvalue weighted by atomic mass is 10.1. The highest BCUT2D eigenvalue weighted by atomic mass is 16.3. The number of nitrogens with one attached hydrogen (secondary N) is 1. The molecule has 0 saturated heterocycles. The number of aromatic nitrogens is 1. The monoisotopic (exact) mass is 208 g/mol. The summed E-state index contributed by atoms with van der Waals surface area (Å²) in [5.74, 6) is 0. The fraction of sp³-hybridized carbons (Fsp3) is 0.583. The number of rotatable bonds is 6. The minimum absolute atomic E-state index is 0.243. The largest absolute Gasteiger partial charge is 0.396 e. The normalized spacial score (nSPS) is 12.7. The Kier molecular flexibility index (Phi) is 5.29. The average Bonchev–Trinajstić information content (AvgIpc) is 2.26. The second-order valence-electron chi connectivity index (χ2n) is 3.83. The molecule has 0 aliphatic carbocycles. The van der Waals surface area contributed by atoms with Crippen LogP contribution in [0, 0.1) is 6.92 Å². The molecule has 1 unspecified atom stereocenters. The van der Waals surface area contributed by atoms with Crippen molar-refractivity contribution in [3.63, 3.8) is 0 Å². The standard InChI is InChI=1S/C12H20N2O/c1-3-11(6-7-15)14-9-12-5-4-10(2)8-13-12/h4-5,8,11,14-15H,3,6-7,9H2,1-2H3. The molecule has 15 heavy (non-hydrogen) atoms. The van der Waals surface area contributed by atoms with E-state index in [4.69, 9.17) is 5.11 Å². The Morgan fingerprint density at radius 2 is 2.27 bits per heavy atom. The summed E-state index contributed by atoms with van der Waals surface area (Å²) in [5, 5.41) is 12.2. The number of aliphatic hydroxyl groups excluding tert-OH is 1. The summed E-state index contributed by atoms with van der Waals surface area (Å²) < 4.78 is 0. The first-order valence-corrected chi connectivity index (χ1v) is 5.52. The molecule has 0 saturated carbocycles. The third-order valence-electron chi connectivity index (χ3n) is 2.51. The van der Waals surface area contributed by atoms with Crippen LogP contribution in [0.4, 0.5) is 0 Å². The molecular weight excluding hydrogens is 188 g/mol. The molecule has 0 aliphatic rings. The number of nitrogens with zero attached hydrogens (tertiary/aromatic N) is 1. The van der Waals surface area contributed by atoms with E-state index in [1.54, 1.807) is 0 Å². The zero-order chi connectivity index (χ0) is 11.1. The van der Waals surface area contributed by atoms with Gasteiger partial charge in [-0.3, -0.25) is 4.98 Å². The summed E-state index contributed by atoms with van der Waals surface area (Å²) >= 11 is 0. The van der Waals surface area contributed by atoms with Crippen LogP contribution in [0.5, 0.6) is 0 Å². The van der Waals surface area contributed by atoms with Gasteiger partial charge in [0.15, 0.2) is 0 Å². The molecule has 3 nitrogen and oxygen atoms in total. The van der Waals surface area contributed by atoms with Gasteiger partial charge in [-0.15, -0.1) is 0 Å². The molecule has 2 N–H and O–H groups in total. The summed E-state index contributed by atoms with van der Waals surface area (Å²) in [6.45, 7) is 5.17. The molecule has 1 aromatic rings. The van der Waals surface area contributed by atoms with Crippen LogP contribution < -0.4 is 5.32 Å². The molecule has 0 aromatic carbocycles. The maximum Gasteiger partial charge on any atom is 0.0541 e. The number of aliphatic hydroxyl groups is 1. The van der Waals surface area contributed by atoms with Crippen molar-refractivity contribution in [3.8, 4) is 0 Å². The van der Waals surface area contributed by atoms with Gasteiger partial charge >= 0.3 is 0 Å². The minimum atomic E-state index is 0.243. The molecule has 0 aliphatic heterocycles. The van der Waals surface area contributed by atoms with Gasteiger partial charge in [0, 0.05) is 25.4 Å². The van der Waals surface area contributed by atoms with E-state index in [1.165, 1.54) is 5.56 Å². The Bertz CT molecular complexity index is 271. The minimum Gasteiger partial charge on any atom is -0.396 e. The highest BCUT2D eigenvalue weighted by Gasteiger charge is 2.04. The quantitative estimate of drug-likeness (QED) is 0.747. The lowest BCUT2D eigenvalue weighted by molar-refractivity contribution is 0.262. The summed E-state index contributed by atoms with van der Waals surface area (Å²) in [4.78, 5) is 4.32. The van der Waals surface area contributed by atoms with Crippen molar-refractivity contribution in [3.05, 3.63) is 29.6 Å². The van der Waals surface area contributed by atoms with Gasteiger partial charge in [-0.2, -0.15) is 0 Å². The Morgan fingerprint density at radius 3 is 2.80 bits per heavy atom. The van der Waals surface area contributed by atoms with Crippen molar-refractivity contribution in [1.82, 2.24) is 10.3 Å². The Hall–Kier alpha value is -0.930. The highest BCUT2D eigenvalue weighted by molar-refractivity contribution is 5.11. The molecule has 1 atom stereocenters. The van der Waals surface area contributed by atoms with E-state index in [0.29, 0.717) is 6.04 Å². The molecule has 1 rings (SSSR count). The molecule has 0 amide bonds. The summed E-state index contributed by atoms with van der Waals surface area (Å²) in [6.07, 6.45) is 3.72. The highest BCUT2D eigenvalue weighted by Crippen LogP contribution is 2.01. The molecule has 0 fully saturated rings. The van der Waals surface area contributed by atoms with Crippen LogP contribution in [-0.2, 0) is 6.54 Å². The van der Waals surface area contributed by atoms with Crippen LogP contribution in [-0.4, -0.2) is 22.7 Å². The first-order chi connectivity index (χ1) is 7.26. The molecular formula is C12H20N2O. The van der Waals surface area contributed by atoms with Gasteiger partial charge in [0.2, 0.25) is 0 Å². The second kappa shape index (κ2) is 6.53. The molecule has 0 spiro atoms. The number of hydrogen-bond donors (Lipinski definition) is 2. The van der Waals surface area contributed by atoms with Crippen molar-refractivity contribution in [2.24, 2.45) is 0 Å². The zero-order valence-electron chi connectivity index (χ0n) is 9.53. The smallest absolute Gasteiger partial charge is 0.0541 e. The lowest BCUT2D eigenvalue weighted by Gasteiger charge is -2.15. The maximum atomic E-state index is 8.85. The van der Waals surface area contributed by atoms with Crippen LogP contribution in [0.15, 0.2) is 18.3 Å². The summed E-state index contributed by atoms with van der Waals surface area (Å²) in [7, 11) is 0. The average molecular weight is 208 g/mol. The zero-order valence-corrected chi connectivity index (χ0v) is 9.53. The van der Waals surface area contributed by atoms with Crippen LogP contribution >= 0.6 is 0 Å². The van der Waals surface area contributed by atoms with Crippen molar-refractivity contribution >= 4 is 0 Å². The molecule has 0 radical (unpaired) electrons. The van der Waals surface area contributed by atoms with E-state index in [0.717, 1.165) is 25.1 Å². The van der Waals surface area contributed by atoms with Crippen LogP contribution in [0.25, 0.3) is 0 Å². The van der Waals surface area contributed by atoms with Gasteiger partial charge in [0.05, 0.1) is 5.69 Å². The van der Waals surface area contributed by atoms with Gasteiger partial charge in [-0.25, -0.2) is 0 Å². The second-order valence-corrected chi connectivity index (χ2v) is 3.83. The number of hydrogen-bond acceptors (Lipinski definition) is 3. The third kappa shape index (κ3) is 4.40. The van der Waals surface area contributed by atoms with E-state index >= 15 is 0 Å². The lowest BCUT2D eigenvalue weighted by Crippen LogP contribution is -2.29. The van der Waals surface area contributed by atoms with E-state index < -0.39 is 0 Å². The predicted octanol–water partition coefficient (Wildman–Crippen LogP) is 1.64. The fourth-order valence-electron chi connectivity index (χ4n) is 1.46. The maximum absolute atomic E-state index is 8.85. The summed E-state index contributed by atoms with van der Waals surface area (Å²) in [6, 6.07) is 4.49. The third-order valence-corrected chi connectivity index (χ3v) is 2.51. The number of pyridine rings is 1. The van der Waals surface area contributed by atoms with Gasteiger partial charge in [0.1, 0.15) is 0 Å². The fourth-order valence-corrected chi connectivity index (χ4v) is 1.46. The molecule has 84 valence electrons. The topological polar surface area (TPSA) is 45.1 Å². The van der Waals surface area contributed by atoms with Crippen molar-refractivity contribution in [1.29, 1.82) is 0 Å². The Balaban J connectivity index is 2.38. The molecule has 1 aromatic heterocycles. The van der Waals surface area contributed by atoms with Crippen LogP contribution in [0.1, 0.15) is 31.0 Å². The van der Waals surface area contributed by atoms with Crippen LogP contribution in [0.3, 0.4) is 0 Å². The molecule has 3 heteroatoms. The first-order valence-electron chi connectivity index (χ1n) is 5.52. The number of aryl methyl sites for hydroxylation is 1. The van der Waals surface area contributed by atoms with Gasteiger partial charge in [-0.1, -0.05) is 13.0 Å². The van der Waals surface area contributed by atoms with Crippen LogP contribution in [0.2, 0.25) is 0 Å². The van der Waals surface area contributed by atoms with Crippen molar-refractivity contribution in [2.75, 3.05) is 6.61 Å². The van der Waals surface area contributed by atoms with E-state index in [-0.39, 0.29) is 6.61 Å². The summed E-state index contributed by atoms with van der Waals surface area (Å²) in [5.41, 5.74) is 2.23. The Morgan fingerprint density at radius 1 is 1.47 bits per heavy atom. The van der Waals surface area contributed by atoms with E-state index in [1.807, 2.05) is 19.2 Å². The van der Waals surface area contributed by atoms with Crippen molar-refractivity contribution in [2.45, 2.75) is 39.3 Å². The molecule has 1 heterocycles. The van der Waals surface area contributed by atoms with Gasteiger partial charge in [0.25, 0.3) is 0 Å². The van der Waals surface area contributed by atoms with Gasteiger partial charge < -0.3 is 10.4 Å².